The predicted octanol–water partition coefficient (Wildman–Crippen LogP) is 1.98. The molecule has 1 heterocycles. The molecule has 0 spiro atoms. The lowest BCUT2D eigenvalue weighted by Crippen LogP contribution is -2.49. The number of aliphatic hydroxyl groups excluding tert-OH is 1. The zero-order valence-electron chi connectivity index (χ0n) is 11.9. The zero-order valence-corrected chi connectivity index (χ0v) is 11.9. The van der Waals surface area contributed by atoms with Crippen LogP contribution in [0.4, 0.5) is 10.1 Å². The molecule has 0 bridgehead atoms. The fraction of sp³-hybridized carbons (Fsp3) is 0.533. The van der Waals surface area contributed by atoms with E-state index < -0.39 is 11.9 Å². The Balaban J connectivity index is 2.42. The first-order valence-electron chi connectivity index (χ1n) is 7.01. The number of amides is 1. The van der Waals surface area contributed by atoms with Crippen molar-refractivity contribution < 1.29 is 14.3 Å². The molecule has 1 aliphatic rings. The van der Waals surface area contributed by atoms with Crippen LogP contribution >= 0.6 is 0 Å². The Bertz CT molecular complexity index is 491. The molecule has 5 heteroatoms. The van der Waals surface area contributed by atoms with E-state index in [-0.39, 0.29) is 17.5 Å². The second-order valence-corrected chi connectivity index (χ2v) is 5.17. The van der Waals surface area contributed by atoms with Crippen molar-refractivity contribution in [2.24, 2.45) is 0 Å². The molecule has 1 aliphatic heterocycles. The minimum Gasteiger partial charge on any atom is -0.389 e. The van der Waals surface area contributed by atoms with Crippen LogP contribution < -0.4 is 10.2 Å². The first kappa shape index (κ1) is 14.8. The summed E-state index contributed by atoms with van der Waals surface area (Å²) in [6.07, 6.45) is 1.78. The van der Waals surface area contributed by atoms with Crippen molar-refractivity contribution in [1.82, 2.24) is 5.32 Å². The molecule has 110 valence electrons. The quantitative estimate of drug-likeness (QED) is 0.890. The Labute approximate surface area is 118 Å². The van der Waals surface area contributed by atoms with Gasteiger partial charge in [-0.3, -0.25) is 4.79 Å². The first-order chi connectivity index (χ1) is 9.56. The van der Waals surface area contributed by atoms with E-state index in [4.69, 9.17) is 0 Å². The zero-order chi connectivity index (χ0) is 14.7. The lowest BCUT2D eigenvalue weighted by atomic mass is 9.97. The third-order valence-electron chi connectivity index (χ3n) is 3.81. The van der Waals surface area contributed by atoms with Crippen molar-refractivity contribution in [3.63, 3.8) is 0 Å². The van der Waals surface area contributed by atoms with Crippen LogP contribution in [0.5, 0.6) is 0 Å². The summed E-state index contributed by atoms with van der Waals surface area (Å²) in [5.41, 5.74) is 0.886. The molecule has 0 aliphatic carbocycles. The number of hydrogen-bond donors (Lipinski definition) is 2. The van der Waals surface area contributed by atoms with Crippen molar-refractivity contribution in [3.8, 4) is 0 Å². The molecule has 0 saturated carbocycles. The number of carbonyl (C=O) groups is 1. The molecule has 0 aromatic heterocycles. The van der Waals surface area contributed by atoms with Gasteiger partial charge < -0.3 is 15.3 Å². The summed E-state index contributed by atoms with van der Waals surface area (Å²) in [5, 5.41) is 12.5. The van der Waals surface area contributed by atoms with E-state index in [2.05, 4.69) is 5.32 Å². The number of carbonyl (C=O) groups excluding carboxylic acids is 1. The minimum absolute atomic E-state index is 0.0643. The smallest absolute Gasteiger partial charge is 0.242 e. The Morgan fingerprint density at radius 2 is 2.25 bits per heavy atom. The van der Waals surface area contributed by atoms with Gasteiger partial charge >= 0.3 is 0 Å². The number of hydrogen-bond acceptors (Lipinski definition) is 3. The van der Waals surface area contributed by atoms with Crippen LogP contribution in [-0.4, -0.2) is 30.6 Å². The van der Waals surface area contributed by atoms with Gasteiger partial charge in [0.1, 0.15) is 11.9 Å². The molecule has 0 radical (unpaired) electrons. The molecule has 20 heavy (non-hydrogen) atoms. The summed E-state index contributed by atoms with van der Waals surface area (Å²) in [6.45, 7) is 2.24. The van der Waals surface area contributed by atoms with Crippen LogP contribution in [0.25, 0.3) is 0 Å². The molecule has 4 nitrogen and oxygen atoms in total. The first-order valence-corrected chi connectivity index (χ1v) is 7.01. The summed E-state index contributed by atoms with van der Waals surface area (Å²) in [6, 6.07) is 4.43. The van der Waals surface area contributed by atoms with Gasteiger partial charge in [0.25, 0.3) is 0 Å². The van der Waals surface area contributed by atoms with Crippen LogP contribution in [0.3, 0.4) is 0 Å². The van der Waals surface area contributed by atoms with E-state index in [1.807, 2.05) is 4.90 Å². The topological polar surface area (TPSA) is 52.6 Å². The summed E-state index contributed by atoms with van der Waals surface area (Å²) in [4.78, 5) is 13.9. The third-order valence-corrected chi connectivity index (χ3v) is 3.81. The van der Waals surface area contributed by atoms with Crippen molar-refractivity contribution in [2.45, 2.75) is 38.3 Å². The van der Waals surface area contributed by atoms with Gasteiger partial charge in [-0.1, -0.05) is 6.07 Å². The molecule has 1 amide bonds. The van der Waals surface area contributed by atoms with Gasteiger partial charge in [-0.05, 0) is 38.3 Å². The Hall–Kier alpha value is -1.62. The molecular formula is C15H21FN2O2. The van der Waals surface area contributed by atoms with Crippen molar-refractivity contribution in [2.75, 3.05) is 18.5 Å². The lowest BCUT2D eigenvalue weighted by Gasteiger charge is -2.37. The molecule has 1 fully saturated rings. The molecule has 2 N–H and O–H groups in total. The van der Waals surface area contributed by atoms with Gasteiger partial charge in [-0.15, -0.1) is 0 Å². The number of anilines is 1. The van der Waals surface area contributed by atoms with E-state index in [1.54, 1.807) is 26.1 Å². The van der Waals surface area contributed by atoms with Crippen molar-refractivity contribution in [3.05, 3.63) is 29.6 Å². The van der Waals surface area contributed by atoms with E-state index in [1.165, 1.54) is 6.07 Å². The standard InChI is InChI=1S/C15H21FN2O2/c1-10(19)14-11(16)6-5-8-12(14)18-9-4-3-7-13(18)15(20)17-2/h5-6,8,10,13,19H,3-4,7,9H2,1-2H3,(H,17,20)/t10-,13?/m0/s1. The number of piperidine rings is 1. The number of nitrogens with one attached hydrogen (secondary N) is 1. The number of halogens is 1. The van der Waals surface area contributed by atoms with Gasteiger partial charge in [-0.2, -0.15) is 0 Å². The second-order valence-electron chi connectivity index (χ2n) is 5.17. The molecule has 2 rings (SSSR count). The Morgan fingerprint density at radius 3 is 2.90 bits per heavy atom. The number of rotatable bonds is 3. The number of nitrogens with zero attached hydrogens (tertiary/aromatic N) is 1. The second kappa shape index (κ2) is 6.22. The average Bonchev–Trinajstić information content (AvgIpc) is 2.45. The summed E-state index contributed by atoms with van der Waals surface area (Å²) in [7, 11) is 1.61. The van der Waals surface area contributed by atoms with Crippen LogP contribution in [0.2, 0.25) is 0 Å². The fourth-order valence-electron chi connectivity index (χ4n) is 2.85. The van der Waals surface area contributed by atoms with Gasteiger partial charge in [0.2, 0.25) is 5.91 Å². The maximum absolute atomic E-state index is 14.0. The predicted molar refractivity (Wildman–Crippen MR) is 76.1 cm³/mol. The highest BCUT2D eigenvalue weighted by molar-refractivity contribution is 5.85. The maximum atomic E-state index is 14.0. The molecule has 1 aromatic carbocycles. The van der Waals surface area contributed by atoms with Crippen molar-refractivity contribution >= 4 is 11.6 Å². The van der Waals surface area contributed by atoms with Crippen LogP contribution in [0.1, 0.15) is 37.9 Å². The SMILES string of the molecule is CNC(=O)C1CCCCN1c1cccc(F)c1[C@H](C)O. The van der Waals surface area contributed by atoms with E-state index in [9.17, 15) is 14.3 Å². The molecule has 1 saturated heterocycles. The molecule has 2 atom stereocenters. The van der Waals surface area contributed by atoms with Crippen LogP contribution in [0.15, 0.2) is 18.2 Å². The van der Waals surface area contributed by atoms with Crippen LogP contribution in [-0.2, 0) is 4.79 Å². The lowest BCUT2D eigenvalue weighted by molar-refractivity contribution is -0.122. The van der Waals surface area contributed by atoms with E-state index >= 15 is 0 Å². The van der Waals surface area contributed by atoms with Gasteiger partial charge in [0.15, 0.2) is 0 Å². The molecular weight excluding hydrogens is 259 g/mol. The monoisotopic (exact) mass is 280 g/mol. The van der Waals surface area contributed by atoms with Gasteiger partial charge in [0, 0.05) is 24.8 Å². The van der Waals surface area contributed by atoms with Crippen molar-refractivity contribution in [1.29, 1.82) is 0 Å². The van der Waals surface area contributed by atoms with Gasteiger partial charge in [-0.25, -0.2) is 4.39 Å². The third kappa shape index (κ3) is 2.77. The Morgan fingerprint density at radius 1 is 1.50 bits per heavy atom. The van der Waals surface area contributed by atoms with Crippen LogP contribution in [0, 0.1) is 5.82 Å². The summed E-state index contributed by atoms with van der Waals surface area (Å²) in [5.74, 6) is -0.496. The number of benzene rings is 1. The van der Waals surface area contributed by atoms with E-state index in [0.717, 1.165) is 19.3 Å². The highest BCUT2D eigenvalue weighted by atomic mass is 19.1. The highest BCUT2D eigenvalue weighted by Gasteiger charge is 2.30. The van der Waals surface area contributed by atoms with Gasteiger partial charge in [0.05, 0.1) is 6.10 Å². The summed E-state index contributed by atoms with van der Waals surface area (Å²) >= 11 is 0. The van der Waals surface area contributed by atoms with E-state index in [0.29, 0.717) is 12.2 Å². The fourth-order valence-corrected chi connectivity index (χ4v) is 2.85. The Kier molecular flexibility index (Phi) is 4.60. The normalized spacial score (nSPS) is 20.6. The highest BCUT2D eigenvalue weighted by Crippen LogP contribution is 2.33. The largest absolute Gasteiger partial charge is 0.389 e. The number of aliphatic hydroxyl groups is 1. The molecule has 1 aromatic rings. The maximum Gasteiger partial charge on any atom is 0.242 e. The number of likely N-dealkylation sites (N-methyl/N-ethyl adjacent to an activating group) is 1. The molecule has 1 unspecified atom stereocenters. The average molecular weight is 280 g/mol. The minimum atomic E-state index is -0.904. The summed E-state index contributed by atoms with van der Waals surface area (Å²) < 4.78 is 14.0.